The molecule has 2 N–H and O–H groups in total. The first kappa shape index (κ1) is 16.7. The highest BCUT2D eigenvalue weighted by atomic mass is 35.5. The second-order valence-electron chi connectivity index (χ2n) is 4.94. The van der Waals surface area contributed by atoms with Crippen LogP contribution in [-0.2, 0) is 0 Å². The number of hydrogen-bond acceptors (Lipinski definition) is 3. The molecular weight excluding hydrogens is 252 g/mol. The van der Waals surface area contributed by atoms with Gasteiger partial charge in [0.05, 0.1) is 5.56 Å². The highest BCUT2D eigenvalue weighted by molar-refractivity contribution is 5.88. The standard InChI is InChI=1S/C13H20N2O2.ClH/c1-13(2,15(3)4)9-14-11-7-5-10(6-8-11)12(16)17;/h5-8,14H,9H2,1-4H3,(H,16,17);1H. The highest BCUT2D eigenvalue weighted by Gasteiger charge is 2.19. The first-order valence-corrected chi connectivity index (χ1v) is 5.57. The number of aromatic carboxylic acids is 1. The van der Waals surface area contributed by atoms with Crippen LogP contribution in [-0.4, -0.2) is 42.2 Å². The van der Waals surface area contributed by atoms with Crippen molar-refractivity contribution in [1.82, 2.24) is 4.90 Å². The Hall–Kier alpha value is -1.26. The van der Waals surface area contributed by atoms with Crippen LogP contribution in [0, 0.1) is 0 Å². The summed E-state index contributed by atoms with van der Waals surface area (Å²) >= 11 is 0. The number of anilines is 1. The average Bonchev–Trinajstić information content (AvgIpc) is 2.27. The average molecular weight is 273 g/mol. The van der Waals surface area contributed by atoms with Crippen molar-refractivity contribution in [3.63, 3.8) is 0 Å². The second-order valence-corrected chi connectivity index (χ2v) is 4.94. The van der Waals surface area contributed by atoms with Crippen LogP contribution in [0.5, 0.6) is 0 Å². The minimum atomic E-state index is -0.898. The van der Waals surface area contributed by atoms with Gasteiger partial charge in [-0.1, -0.05) is 0 Å². The van der Waals surface area contributed by atoms with Gasteiger partial charge in [0.1, 0.15) is 0 Å². The van der Waals surface area contributed by atoms with Gasteiger partial charge in [0.2, 0.25) is 0 Å². The molecule has 0 aromatic heterocycles. The lowest BCUT2D eigenvalue weighted by Gasteiger charge is -2.33. The van der Waals surface area contributed by atoms with Crippen LogP contribution in [0.2, 0.25) is 0 Å². The van der Waals surface area contributed by atoms with Gasteiger partial charge in [0.25, 0.3) is 0 Å². The van der Waals surface area contributed by atoms with Crippen molar-refractivity contribution in [1.29, 1.82) is 0 Å². The highest BCUT2D eigenvalue weighted by Crippen LogP contribution is 2.14. The fraction of sp³-hybridized carbons (Fsp3) is 0.462. The molecule has 0 aliphatic heterocycles. The second kappa shape index (κ2) is 6.61. The third-order valence-corrected chi connectivity index (χ3v) is 3.07. The van der Waals surface area contributed by atoms with E-state index >= 15 is 0 Å². The summed E-state index contributed by atoms with van der Waals surface area (Å²) < 4.78 is 0. The topological polar surface area (TPSA) is 52.6 Å². The number of benzene rings is 1. The maximum Gasteiger partial charge on any atom is 0.335 e. The van der Waals surface area contributed by atoms with E-state index in [4.69, 9.17) is 5.11 Å². The Balaban J connectivity index is 0.00000289. The lowest BCUT2D eigenvalue weighted by atomic mass is 10.0. The summed E-state index contributed by atoms with van der Waals surface area (Å²) in [6, 6.07) is 6.78. The summed E-state index contributed by atoms with van der Waals surface area (Å²) in [5, 5.41) is 12.1. The Labute approximate surface area is 114 Å². The third kappa shape index (κ3) is 4.55. The molecule has 18 heavy (non-hydrogen) atoms. The van der Waals surface area contributed by atoms with E-state index in [1.807, 2.05) is 14.1 Å². The van der Waals surface area contributed by atoms with E-state index in [2.05, 4.69) is 24.1 Å². The number of carboxylic acids is 1. The Morgan fingerprint density at radius 2 is 1.78 bits per heavy atom. The van der Waals surface area contributed by atoms with Crippen molar-refractivity contribution in [3.05, 3.63) is 29.8 Å². The van der Waals surface area contributed by atoms with Gasteiger partial charge in [-0.05, 0) is 52.2 Å². The summed E-state index contributed by atoms with van der Waals surface area (Å²) in [5.41, 5.74) is 1.29. The van der Waals surface area contributed by atoms with E-state index in [1.54, 1.807) is 24.3 Å². The number of nitrogens with one attached hydrogen (secondary N) is 1. The molecule has 0 radical (unpaired) electrons. The molecule has 0 unspecified atom stereocenters. The van der Waals surface area contributed by atoms with E-state index < -0.39 is 5.97 Å². The zero-order chi connectivity index (χ0) is 13.1. The Kier molecular flexibility index (Phi) is 6.15. The number of carboxylic acid groups (broad SMARTS) is 1. The van der Waals surface area contributed by atoms with Crippen LogP contribution < -0.4 is 5.32 Å². The predicted octanol–water partition coefficient (Wildman–Crippen LogP) is 2.56. The molecule has 0 fully saturated rings. The van der Waals surface area contributed by atoms with Crippen molar-refractivity contribution in [2.45, 2.75) is 19.4 Å². The smallest absolute Gasteiger partial charge is 0.335 e. The molecule has 0 saturated carbocycles. The Bertz CT molecular complexity index is 388. The fourth-order valence-corrected chi connectivity index (χ4v) is 1.21. The number of likely N-dealkylation sites (N-methyl/N-ethyl adjacent to an activating group) is 1. The molecule has 0 atom stereocenters. The molecule has 4 nitrogen and oxygen atoms in total. The Morgan fingerprint density at radius 3 is 2.17 bits per heavy atom. The van der Waals surface area contributed by atoms with E-state index in [0.717, 1.165) is 12.2 Å². The number of hydrogen-bond donors (Lipinski definition) is 2. The summed E-state index contributed by atoms with van der Waals surface area (Å²) in [4.78, 5) is 12.8. The maximum absolute atomic E-state index is 10.7. The van der Waals surface area contributed by atoms with Crippen LogP contribution in [0.25, 0.3) is 0 Å². The number of carbonyl (C=O) groups is 1. The van der Waals surface area contributed by atoms with E-state index in [1.165, 1.54) is 0 Å². The molecule has 5 heteroatoms. The molecule has 0 saturated heterocycles. The summed E-state index contributed by atoms with van der Waals surface area (Å²) in [5.74, 6) is -0.898. The van der Waals surface area contributed by atoms with Gasteiger partial charge in [0, 0.05) is 17.8 Å². The first-order valence-electron chi connectivity index (χ1n) is 5.57. The minimum Gasteiger partial charge on any atom is -0.478 e. The lowest BCUT2D eigenvalue weighted by molar-refractivity contribution is 0.0697. The summed E-state index contributed by atoms with van der Waals surface area (Å²) in [6.07, 6.45) is 0. The lowest BCUT2D eigenvalue weighted by Crippen LogP contribution is -2.44. The van der Waals surface area contributed by atoms with Crippen molar-refractivity contribution >= 4 is 24.1 Å². The molecule has 0 amide bonds. The van der Waals surface area contributed by atoms with Gasteiger partial charge < -0.3 is 15.3 Å². The van der Waals surface area contributed by atoms with Gasteiger partial charge in [-0.2, -0.15) is 0 Å². The molecule has 0 heterocycles. The molecular formula is C13H21ClN2O2. The minimum absolute atomic E-state index is 0. The number of nitrogens with zero attached hydrogens (tertiary/aromatic N) is 1. The largest absolute Gasteiger partial charge is 0.478 e. The molecule has 102 valence electrons. The van der Waals surface area contributed by atoms with Gasteiger partial charge in [0.15, 0.2) is 0 Å². The SMILES string of the molecule is CN(C)C(C)(C)CNc1ccc(C(=O)O)cc1.Cl. The van der Waals surface area contributed by atoms with Crippen molar-refractivity contribution in [3.8, 4) is 0 Å². The van der Waals surface area contributed by atoms with E-state index in [0.29, 0.717) is 5.56 Å². The monoisotopic (exact) mass is 272 g/mol. The Morgan fingerprint density at radius 1 is 1.28 bits per heavy atom. The normalized spacial score (nSPS) is 10.9. The van der Waals surface area contributed by atoms with Crippen LogP contribution in [0.4, 0.5) is 5.69 Å². The molecule has 0 aliphatic rings. The van der Waals surface area contributed by atoms with Gasteiger partial charge in [-0.15, -0.1) is 12.4 Å². The van der Waals surface area contributed by atoms with Crippen molar-refractivity contribution in [2.75, 3.05) is 26.0 Å². The molecule has 0 aliphatic carbocycles. The number of rotatable bonds is 5. The van der Waals surface area contributed by atoms with E-state index in [-0.39, 0.29) is 17.9 Å². The number of halogens is 1. The third-order valence-electron chi connectivity index (χ3n) is 3.07. The van der Waals surface area contributed by atoms with E-state index in [9.17, 15) is 4.79 Å². The summed E-state index contributed by atoms with van der Waals surface area (Å²) in [7, 11) is 4.07. The molecule has 1 aromatic rings. The van der Waals surface area contributed by atoms with Crippen LogP contribution in [0.3, 0.4) is 0 Å². The summed E-state index contributed by atoms with van der Waals surface area (Å²) in [6.45, 7) is 5.09. The molecule has 0 bridgehead atoms. The molecule has 1 aromatic carbocycles. The zero-order valence-corrected chi connectivity index (χ0v) is 12.0. The predicted molar refractivity (Wildman–Crippen MR) is 76.9 cm³/mol. The van der Waals surface area contributed by atoms with Crippen LogP contribution in [0.15, 0.2) is 24.3 Å². The first-order chi connectivity index (χ1) is 7.83. The maximum atomic E-state index is 10.7. The van der Waals surface area contributed by atoms with Crippen LogP contribution in [0.1, 0.15) is 24.2 Å². The van der Waals surface area contributed by atoms with Crippen LogP contribution >= 0.6 is 12.4 Å². The quantitative estimate of drug-likeness (QED) is 0.865. The molecule has 0 spiro atoms. The van der Waals surface area contributed by atoms with Crippen molar-refractivity contribution < 1.29 is 9.90 Å². The van der Waals surface area contributed by atoms with Gasteiger partial charge in [-0.25, -0.2) is 4.79 Å². The van der Waals surface area contributed by atoms with Gasteiger partial charge in [-0.3, -0.25) is 0 Å². The zero-order valence-electron chi connectivity index (χ0n) is 11.2. The van der Waals surface area contributed by atoms with Gasteiger partial charge >= 0.3 is 5.97 Å². The molecule has 1 rings (SSSR count). The van der Waals surface area contributed by atoms with Crippen molar-refractivity contribution in [2.24, 2.45) is 0 Å². The fourth-order valence-electron chi connectivity index (χ4n) is 1.21.